The number of aromatic nitrogens is 1. The summed E-state index contributed by atoms with van der Waals surface area (Å²) < 4.78 is 2.05. The Labute approximate surface area is 184 Å². The van der Waals surface area contributed by atoms with Crippen molar-refractivity contribution in [3.63, 3.8) is 0 Å². The third-order valence-corrected chi connectivity index (χ3v) is 5.46. The fraction of sp³-hybridized carbons (Fsp3) is 0.0400. The predicted octanol–water partition coefficient (Wildman–Crippen LogP) is 6.79. The quantitative estimate of drug-likeness (QED) is 0.199. The first-order chi connectivity index (χ1) is 14.6. The van der Waals surface area contributed by atoms with Crippen LogP contribution in [0, 0.1) is 11.3 Å². The molecule has 4 aromatic rings. The zero-order valence-electron chi connectivity index (χ0n) is 15.8. The minimum atomic E-state index is -0.296. The van der Waals surface area contributed by atoms with Crippen molar-refractivity contribution in [3.05, 3.63) is 111 Å². The molecule has 1 aromatic heterocycles. The lowest BCUT2D eigenvalue weighted by Crippen LogP contribution is -2.01. The summed E-state index contributed by atoms with van der Waals surface area (Å²) in [5.74, 6) is -0.296. The van der Waals surface area contributed by atoms with Gasteiger partial charge in [-0.3, -0.25) is 4.79 Å². The lowest BCUT2D eigenvalue weighted by atomic mass is 10.0. The standard InChI is InChI=1S/C25H16Cl2N2O/c26-21-11-10-18(23(27)13-21)15-29-16-20(22-8-4-5-9-24(22)29)12-19(14-28)25(30)17-6-2-1-3-7-17/h1-13,16H,15H2/b19-12+. The van der Waals surface area contributed by atoms with Gasteiger partial charge in [0, 0.05) is 44.8 Å². The van der Waals surface area contributed by atoms with Crippen molar-refractivity contribution in [2.24, 2.45) is 0 Å². The highest BCUT2D eigenvalue weighted by molar-refractivity contribution is 6.35. The van der Waals surface area contributed by atoms with Gasteiger partial charge in [0.1, 0.15) is 11.6 Å². The maximum atomic E-state index is 12.8. The number of carbonyl (C=O) groups excluding carboxylic acids is 1. The van der Waals surface area contributed by atoms with E-state index in [1.54, 1.807) is 36.4 Å². The first-order valence-corrected chi connectivity index (χ1v) is 10.1. The molecule has 1 heterocycles. The van der Waals surface area contributed by atoms with Crippen LogP contribution >= 0.6 is 23.2 Å². The van der Waals surface area contributed by atoms with Crippen LogP contribution < -0.4 is 0 Å². The summed E-state index contributed by atoms with van der Waals surface area (Å²) in [6.07, 6.45) is 3.59. The summed E-state index contributed by atoms with van der Waals surface area (Å²) in [7, 11) is 0. The minimum absolute atomic E-state index is 0.0913. The van der Waals surface area contributed by atoms with E-state index in [9.17, 15) is 10.1 Å². The monoisotopic (exact) mass is 430 g/mol. The average molecular weight is 431 g/mol. The van der Waals surface area contributed by atoms with Gasteiger partial charge in [-0.15, -0.1) is 0 Å². The number of hydrogen-bond acceptors (Lipinski definition) is 2. The molecule has 0 amide bonds. The average Bonchev–Trinajstić information content (AvgIpc) is 3.11. The number of carbonyl (C=O) groups is 1. The van der Waals surface area contributed by atoms with Gasteiger partial charge in [0.15, 0.2) is 0 Å². The van der Waals surface area contributed by atoms with Crippen LogP contribution in [0.15, 0.2) is 84.6 Å². The Bertz CT molecular complexity index is 1310. The Hall–Kier alpha value is -3.32. The van der Waals surface area contributed by atoms with Gasteiger partial charge in [0.25, 0.3) is 0 Å². The first kappa shape index (κ1) is 20.0. The van der Waals surface area contributed by atoms with Crippen LogP contribution in [-0.2, 0) is 6.54 Å². The molecule has 3 nitrogen and oxygen atoms in total. The fourth-order valence-electron chi connectivity index (χ4n) is 3.40. The molecule has 0 radical (unpaired) electrons. The largest absolute Gasteiger partial charge is 0.342 e. The van der Waals surface area contributed by atoms with Crippen LogP contribution in [0.1, 0.15) is 21.5 Å². The second-order valence-corrected chi connectivity index (χ2v) is 7.67. The van der Waals surface area contributed by atoms with Crippen molar-refractivity contribution < 1.29 is 4.79 Å². The number of ketones is 1. The lowest BCUT2D eigenvalue weighted by molar-refractivity contribution is 0.104. The molecule has 0 atom stereocenters. The second-order valence-electron chi connectivity index (χ2n) is 6.83. The molecule has 0 aliphatic rings. The van der Waals surface area contributed by atoms with E-state index in [0.717, 1.165) is 22.0 Å². The summed E-state index contributed by atoms with van der Waals surface area (Å²) in [5, 5.41) is 11.8. The predicted molar refractivity (Wildman–Crippen MR) is 122 cm³/mol. The van der Waals surface area contributed by atoms with Crippen LogP contribution in [0.2, 0.25) is 10.0 Å². The number of nitriles is 1. The van der Waals surface area contributed by atoms with Crippen LogP contribution in [-0.4, -0.2) is 10.4 Å². The Balaban J connectivity index is 1.77. The highest BCUT2D eigenvalue weighted by Gasteiger charge is 2.14. The number of rotatable bonds is 5. The minimum Gasteiger partial charge on any atom is -0.342 e. The molecule has 0 fully saturated rings. The molecular weight excluding hydrogens is 415 g/mol. The van der Waals surface area contributed by atoms with E-state index in [1.165, 1.54) is 0 Å². The smallest absolute Gasteiger partial charge is 0.203 e. The van der Waals surface area contributed by atoms with E-state index in [1.807, 2.05) is 48.7 Å². The van der Waals surface area contributed by atoms with E-state index in [2.05, 4.69) is 10.6 Å². The molecule has 4 rings (SSSR count). The molecule has 30 heavy (non-hydrogen) atoms. The van der Waals surface area contributed by atoms with Crippen molar-refractivity contribution in [1.29, 1.82) is 5.26 Å². The summed E-state index contributed by atoms with van der Waals surface area (Å²) in [6.45, 7) is 0.541. The molecule has 0 bridgehead atoms. The number of fused-ring (bicyclic) bond motifs is 1. The fourth-order valence-corrected chi connectivity index (χ4v) is 3.87. The van der Waals surface area contributed by atoms with E-state index >= 15 is 0 Å². The summed E-state index contributed by atoms with van der Waals surface area (Å²) >= 11 is 12.4. The Morgan fingerprint density at radius 2 is 1.73 bits per heavy atom. The molecule has 0 spiro atoms. The number of benzene rings is 3. The van der Waals surface area contributed by atoms with Gasteiger partial charge in [-0.2, -0.15) is 5.26 Å². The van der Waals surface area contributed by atoms with Gasteiger partial charge >= 0.3 is 0 Å². The molecule has 146 valence electrons. The van der Waals surface area contributed by atoms with Crippen molar-refractivity contribution in [2.45, 2.75) is 6.54 Å². The van der Waals surface area contributed by atoms with Gasteiger partial charge in [-0.1, -0.05) is 77.8 Å². The molecular formula is C25H16Cl2N2O. The Morgan fingerprint density at radius 1 is 1.00 bits per heavy atom. The van der Waals surface area contributed by atoms with E-state index in [4.69, 9.17) is 23.2 Å². The van der Waals surface area contributed by atoms with Crippen LogP contribution in [0.3, 0.4) is 0 Å². The summed E-state index contributed by atoms with van der Waals surface area (Å²) in [5.41, 5.74) is 3.30. The van der Waals surface area contributed by atoms with Crippen molar-refractivity contribution >= 4 is 46.0 Å². The van der Waals surface area contributed by atoms with Crippen molar-refractivity contribution in [1.82, 2.24) is 4.57 Å². The maximum absolute atomic E-state index is 12.8. The van der Waals surface area contributed by atoms with Gasteiger partial charge in [-0.05, 0) is 29.8 Å². The van der Waals surface area contributed by atoms with Crippen LogP contribution in [0.25, 0.3) is 17.0 Å². The van der Waals surface area contributed by atoms with Crippen molar-refractivity contribution in [3.8, 4) is 6.07 Å². The topological polar surface area (TPSA) is 45.8 Å². The SMILES string of the molecule is N#C/C(=C\c1cn(Cc2ccc(Cl)cc2Cl)c2ccccc12)C(=O)c1ccccc1. The molecule has 5 heteroatoms. The first-order valence-electron chi connectivity index (χ1n) is 9.30. The zero-order chi connectivity index (χ0) is 21.1. The summed E-state index contributed by atoms with van der Waals surface area (Å²) in [6, 6.07) is 24.2. The normalized spacial score (nSPS) is 11.4. The van der Waals surface area contributed by atoms with E-state index in [0.29, 0.717) is 22.2 Å². The van der Waals surface area contributed by atoms with Gasteiger partial charge in [0.05, 0.1) is 0 Å². The summed E-state index contributed by atoms with van der Waals surface area (Å²) in [4.78, 5) is 12.8. The molecule has 0 N–H and O–H groups in total. The number of hydrogen-bond donors (Lipinski definition) is 0. The van der Waals surface area contributed by atoms with Crippen LogP contribution in [0.5, 0.6) is 0 Å². The number of halogens is 2. The molecule has 0 aliphatic heterocycles. The zero-order valence-corrected chi connectivity index (χ0v) is 17.4. The third kappa shape index (κ3) is 4.02. The highest BCUT2D eigenvalue weighted by Crippen LogP contribution is 2.27. The highest BCUT2D eigenvalue weighted by atomic mass is 35.5. The van der Waals surface area contributed by atoms with Gasteiger partial charge in [0.2, 0.25) is 5.78 Å². The Morgan fingerprint density at radius 3 is 2.47 bits per heavy atom. The van der Waals surface area contributed by atoms with Gasteiger partial charge < -0.3 is 4.57 Å². The van der Waals surface area contributed by atoms with Crippen molar-refractivity contribution in [2.75, 3.05) is 0 Å². The molecule has 0 aliphatic carbocycles. The van der Waals surface area contributed by atoms with E-state index in [-0.39, 0.29) is 11.4 Å². The number of allylic oxidation sites excluding steroid dienone is 1. The number of para-hydroxylation sites is 1. The Kier molecular flexibility index (Phi) is 5.72. The molecule has 3 aromatic carbocycles. The number of nitrogens with zero attached hydrogens (tertiary/aromatic N) is 2. The third-order valence-electron chi connectivity index (χ3n) is 4.88. The van der Waals surface area contributed by atoms with Crippen LogP contribution in [0.4, 0.5) is 0 Å². The lowest BCUT2D eigenvalue weighted by Gasteiger charge is -2.08. The molecule has 0 saturated heterocycles. The van der Waals surface area contributed by atoms with Gasteiger partial charge in [-0.25, -0.2) is 0 Å². The molecule has 0 unspecified atom stereocenters. The van der Waals surface area contributed by atoms with E-state index < -0.39 is 0 Å². The maximum Gasteiger partial charge on any atom is 0.203 e. The molecule has 0 saturated carbocycles. The number of Topliss-reactive ketones (excluding diaryl/α,β-unsaturated/α-hetero) is 1. The second kappa shape index (κ2) is 8.59.